The Morgan fingerprint density at radius 2 is 2.36 bits per heavy atom. The Labute approximate surface area is 82.1 Å². The van der Waals surface area contributed by atoms with E-state index in [1.807, 2.05) is 0 Å². The van der Waals surface area contributed by atoms with Crippen LogP contribution in [0.4, 0.5) is 5.69 Å². The van der Waals surface area contributed by atoms with Gasteiger partial charge >= 0.3 is 5.97 Å². The number of rotatable bonds is 2. The SMILES string of the molecule is [C-]#[N+]Cc1ccc(N)c(C(=O)OC)c1. The summed E-state index contributed by atoms with van der Waals surface area (Å²) in [6, 6.07) is 4.91. The normalized spacial score (nSPS) is 9.14. The lowest BCUT2D eigenvalue weighted by Gasteiger charge is -2.03. The Hall–Kier alpha value is -2.02. The topological polar surface area (TPSA) is 56.7 Å². The number of benzene rings is 1. The van der Waals surface area contributed by atoms with Crippen molar-refractivity contribution in [1.29, 1.82) is 0 Å². The number of hydrogen-bond acceptors (Lipinski definition) is 3. The van der Waals surface area contributed by atoms with Gasteiger partial charge in [0.25, 0.3) is 0 Å². The van der Waals surface area contributed by atoms with E-state index in [4.69, 9.17) is 12.3 Å². The number of methoxy groups -OCH3 is 1. The molecule has 0 radical (unpaired) electrons. The molecular formula is C10H10N2O2. The standard InChI is InChI=1S/C10H10N2O2/c1-12-6-7-3-4-9(11)8(5-7)10(13)14-2/h3-5H,6,11H2,2H3. The van der Waals surface area contributed by atoms with Gasteiger partial charge in [0.05, 0.1) is 12.7 Å². The molecule has 0 aromatic heterocycles. The van der Waals surface area contributed by atoms with Gasteiger partial charge in [0, 0.05) is 11.3 Å². The van der Waals surface area contributed by atoms with Crippen LogP contribution in [0.5, 0.6) is 0 Å². The maximum Gasteiger partial charge on any atom is 0.339 e. The van der Waals surface area contributed by atoms with E-state index in [9.17, 15) is 4.79 Å². The molecular weight excluding hydrogens is 180 g/mol. The number of esters is 1. The third-order valence-electron chi connectivity index (χ3n) is 1.78. The van der Waals surface area contributed by atoms with Gasteiger partial charge in [-0.15, -0.1) is 0 Å². The predicted molar refractivity (Wildman–Crippen MR) is 52.5 cm³/mol. The zero-order valence-corrected chi connectivity index (χ0v) is 7.78. The summed E-state index contributed by atoms with van der Waals surface area (Å²) in [5, 5.41) is 0. The number of nitrogens with two attached hydrogens (primary N) is 1. The quantitative estimate of drug-likeness (QED) is 0.436. The Morgan fingerprint density at radius 3 is 2.93 bits per heavy atom. The second-order valence-corrected chi connectivity index (χ2v) is 2.73. The smallest absolute Gasteiger partial charge is 0.339 e. The minimum atomic E-state index is -0.477. The third kappa shape index (κ3) is 2.02. The van der Waals surface area contributed by atoms with Gasteiger partial charge in [-0.1, -0.05) is 0 Å². The van der Waals surface area contributed by atoms with Crippen LogP contribution in [0.15, 0.2) is 18.2 Å². The molecule has 0 unspecified atom stereocenters. The molecule has 0 bridgehead atoms. The zero-order chi connectivity index (χ0) is 10.6. The Bertz CT molecular complexity index is 394. The highest BCUT2D eigenvalue weighted by Gasteiger charge is 2.10. The first kappa shape index (κ1) is 10.1. The first-order valence-corrected chi connectivity index (χ1v) is 3.99. The van der Waals surface area contributed by atoms with E-state index < -0.39 is 5.97 Å². The van der Waals surface area contributed by atoms with E-state index in [1.165, 1.54) is 7.11 Å². The molecule has 0 saturated carbocycles. The minimum Gasteiger partial charge on any atom is -0.465 e. The maximum atomic E-state index is 11.2. The van der Waals surface area contributed by atoms with Crippen molar-refractivity contribution in [1.82, 2.24) is 0 Å². The summed E-state index contributed by atoms with van der Waals surface area (Å²) >= 11 is 0. The van der Waals surface area contributed by atoms with Crippen LogP contribution < -0.4 is 5.73 Å². The van der Waals surface area contributed by atoms with Crippen molar-refractivity contribution in [2.45, 2.75) is 6.54 Å². The first-order valence-electron chi connectivity index (χ1n) is 3.99. The fraction of sp³-hybridized carbons (Fsp3) is 0.200. The predicted octanol–water partition coefficient (Wildman–Crippen LogP) is 1.47. The van der Waals surface area contributed by atoms with Gasteiger partial charge < -0.3 is 15.3 Å². The van der Waals surface area contributed by atoms with E-state index in [-0.39, 0.29) is 6.54 Å². The van der Waals surface area contributed by atoms with Crippen molar-refractivity contribution in [2.75, 3.05) is 12.8 Å². The summed E-state index contributed by atoms with van der Waals surface area (Å²) in [5.41, 5.74) is 7.02. The molecule has 0 amide bonds. The lowest BCUT2D eigenvalue weighted by Crippen LogP contribution is -2.06. The van der Waals surface area contributed by atoms with Crippen molar-refractivity contribution in [3.05, 3.63) is 40.7 Å². The highest BCUT2D eigenvalue weighted by atomic mass is 16.5. The van der Waals surface area contributed by atoms with Gasteiger partial charge in [0.1, 0.15) is 0 Å². The second kappa shape index (κ2) is 4.28. The molecule has 0 heterocycles. The van der Waals surface area contributed by atoms with Gasteiger partial charge in [-0.05, 0) is 18.2 Å². The summed E-state index contributed by atoms with van der Waals surface area (Å²) in [7, 11) is 1.29. The Morgan fingerprint density at radius 1 is 1.64 bits per heavy atom. The van der Waals surface area contributed by atoms with Crippen LogP contribution in [0.1, 0.15) is 15.9 Å². The summed E-state index contributed by atoms with van der Waals surface area (Å²) in [6.07, 6.45) is 0. The van der Waals surface area contributed by atoms with Gasteiger partial charge in [0.15, 0.2) is 0 Å². The van der Waals surface area contributed by atoms with Gasteiger partial charge in [-0.2, -0.15) is 0 Å². The molecule has 0 saturated heterocycles. The maximum absolute atomic E-state index is 11.2. The van der Waals surface area contributed by atoms with Crippen LogP contribution >= 0.6 is 0 Å². The number of hydrogen-bond donors (Lipinski definition) is 1. The lowest BCUT2D eigenvalue weighted by atomic mass is 10.1. The fourth-order valence-electron chi connectivity index (χ4n) is 1.08. The van der Waals surface area contributed by atoms with E-state index in [2.05, 4.69) is 9.58 Å². The van der Waals surface area contributed by atoms with E-state index >= 15 is 0 Å². The fourth-order valence-corrected chi connectivity index (χ4v) is 1.08. The molecule has 4 heteroatoms. The number of carbonyl (C=O) groups is 1. The lowest BCUT2D eigenvalue weighted by molar-refractivity contribution is 0.0602. The summed E-state index contributed by atoms with van der Waals surface area (Å²) in [4.78, 5) is 14.4. The molecule has 1 aromatic carbocycles. The average molecular weight is 190 g/mol. The monoisotopic (exact) mass is 190 g/mol. The van der Waals surface area contributed by atoms with Crippen LogP contribution in [0.2, 0.25) is 0 Å². The van der Waals surface area contributed by atoms with Crippen molar-refractivity contribution >= 4 is 11.7 Å². The van der Waals surface area contributed by atoms with Crippen molar-refractivity contribution in [3.8, 4) is 0 Å². The molecule has 0 aliphatic carbocycles. The van der Waals surface area contributed by atoms with Crippen LogP contribution in [0.25, 0.3) is 4.85 Å². The molecule has 1 aromatic rings. The van der Waals surface area contributed by atoms with Gasteiger partial charge in [-0.25, -0.2) is 11.4 Å². The van der Waals surface area contributed by atoms with E-state index in [0.29, 0.717) is 11.3 Å². The van der Waals surface area contributed by atoms with Crippen molar-refractivity contribution < 1.29 is 9.53 Å². The largest absolute Gasteiger partial charge is 0.465 e. The second-order valence-electron chi connectivity index (χ2n) is 2.73. The zero-order valence-electron chi connectivity index (χ0n) is 7.78. The van der Waals surface area contributed by atoms with Gasteiger partial charge in [-0.3, -0.25) is 0 Å². The summed E-state index contributed by atoms with van der Waals surface area (Å²) in [5.74, 6) is -0.477. The number of anilines is 1. The summed E-state index contributed by atoms with van der Waals surface area (Å²) < 4.78 is 4.55. The Balaban J connectivity index is 3.09. The molecule has 0 atom stereocenters. The van der Waals surface area contributed by atoms with Crippen LogP contribution in [0, 0.1) is 6.57 Å². The molecule has 72 valence electrons. The van der Waals surface area contributed by atoms with E-state index in [0.717, 1.165) is 5.56 Å². The van der Waals surface area contributed by atoms with Crippen molar-refractivity contribution in [2.24, 2.45) is 0 Å². The molecule has 0 aliphatic heterocycles. The number of nitrogen functional groups attached to an aromatic ring is 1. The first-order chi connectivity index (χ1) is 6.69. The van der Waals surface area contributed by atoms with Crippen LogP contribution in [-0.2, 0) is 11.3 Å². The molecule has 0 aliphatic rings. The highest BCUT2D eigenvalue weighted by molar-refractivity contribution is 5.95. The van der Waals surface area contributed by atoms with Crippen LogP contribution in [0.3, 0.4) is 0 Å². The van der Waals surface area contributed by atoms with E-state index in [1.54, 1.807) is 18.2 Å². The summed E-state index contributed by atoms with van der Waals surface area (Å²) in [6.45, 7) is 6.93. The molecule has 1 rings (SSSR count). The number of nitrogens with zero attached hydrogens (tertiary/aromatic N) is 1. The molecule has 0 spiro atoms. The van der Waals surface area contributed by atoms with Crippen LogP contribution in [-0.4, -0.2) is 13.1 Å². The van der Waals surface area contributed by atoms with Crippen molar-refractivity contribution in [3.63, 3.8) is 0 Å². The minimum absolute atomic E-state index is 0.240. The molecule has 0 fully saturated rings. The number of ether oxygens (including phenoxy) is 1. The molecule has 2 N–H and O–H groups in total. The third-order valence-corrected chi connectivity index (χ3v) is 1.78. The molecule has 4 nitrogen and oxygen atoms in total. The number of carbonyl (C=O) groups excluding carboxylic acids is 1. The average Bonchev–Trinajstić information content (AvgIpc) is 2.20. The van der Waals surface area contributed by atoms with Gasteiger partial charge in [0.2, 0.25) is 6.54 Å². The Kier molecular flexibility index (Phi) is 3.08. The molecule has 14 heavy (non-hydrogen) atoms. The highest BCUT2D eigenvalue weighted by Crippen LogP contribution is 2.15.